The van der Waals surface area contributed by atoms with E-state index in [1.807, 2.05) is 0 Å². The van der Waals surface area contributed by atoms with Crippen LogP contribution in [0.4, 0.5) is 5.82 Å². The number of phosphoric ester groups is 1. The molecule has 24 heavy (non-hydrogen) atoms. The molecule has 0 saturated carbocycles. The molecule has 1 saturated heterocycles. The van der Waals surface area contributed by atoms with E-state index in [4.69, 9.17) is 25.0 Å². The van der Waals surface area contributed by atoms with Gasteiger partial charge in [0.15, 0.2) is 17.8 Å². The number of aliphatic hydroxyl groups excluding tert-OH is 2. The molecule has 0 spiro atoms. The lowest BCUT2D eigenvalue weighted by Gasteiger charge is -2.19. The van der Waals surface area contributed by atoms with Crippen molar-refractivity contribution in [3.63, 3.8) is 0 Å². The second kappa shape index (κ2) is 5.93. The maximum Gasteiger partial charge on any atom is 0.469 e. The van der Waals surface area contributed by atoms with Crippen molar-refractivity contribution in [1.82, 2.24) is 9.55 Å². The molecule has 2 aliphatic heterocycles. The number of amidine groups is 1. The lowest BCUT2D eigenvalue weighted by Crippen LogP contribution is -2.33. The number of nitrogens with zero attached hydrogens (tertiary/aromatic N) is 3. The molecular formula is C11H15N4O8P. The molecule has 0 aromatic carbocycles. The van der Waals surface area contributed by atoms with Crippen molar-refractivity contribution in [3.05, 3.63) is 18.6 Å². The average molecular weight is 362 g/mol. The van der Waals surface area contributed by atoms with Crippen molar-refractivity contribution in [2.75, 3.05) is 6.61 Å². The summed E-state index contributed by atoms with van der Waals surface area (Å²) in [6.45, 7) is 3.02. The van der Waals surface area contributed by atoms with Gasteiger partial charge in [-0.25, -0.2) is 9.55 Å². The maximum absolute atomic E-state index is 10.8. The number of fused-ring (bicyclic) bond motifs is 1. The minimum Gasteiger partial charge on any atom is -0.424 e. The minimum atomic E-state index is -4.74. The molecule has 12 nitrogen and oxygen atoms in total. The summed E-state index contributed by atoms with van der Waals surface area (Å²) in [6, 6.07) is -0.177. The monoisotopic (exact) mass is 362 g/mol. The van der Waals surface area contributed by atoms with Crippen LogP contribution < -0.4 is 5.73 Å². The van der Waals surface area contributed by atoms with Crippen LogP contribution in [-0.2, 0) is 18.6 Å². The van der Waals surface area contributed by atoms with Gasteiger partial charge in [-0.15, -0.1) is 0 Å². The fraction of sp³-hybridized carbons (Fsp3) is 0.455. The van der Waals surface area contributed by atoms with Gasteiger partial charge in [0.25, 0.3) is 6.02 Å². The number of nitrogens with two attached hydrogens (primary N) is 1. The zero-order valence-corrected chi connectivity index (χ0v) is 13.0. The van der Waals surface area contributed by atoms with Gasteiger partial charge >= 0.3 is 7.82 Å². The van der Waals surface area contributed by atoms with E-state index in [9.17, 15) is 14.8 Å². The van der Waals surface area contributed by atoms with E-state index in [0.29, 0.717) is 0 Å². The normalized spacial score (nSPS) is 30.0. The SMILES string of the molecule is C=C1OC(N)=Nc2c1ncn2[C@@H]1O[C@H](COP(=O)(O)O)[C@@H](O)[C@H]1O. The summed E-state index contributed by atoms with van der Waals surface area (Å²) in [5.74, 6) is 0.363. The molecule has 1 fully saturated rings. The summed E-state index contributed by atoms with van der Waals surface area (Å²) in [4.78, 5) is 25.4. The Balaban J connectivity index is 1.84. The Bertz CT molecular complexity index is 742. The molecule has 132 valence electrons. The molecule has 0 bridgehead atoms. The van der Waals surface area contributed by atoms with Crippen LogP contribution in [0.2, 0.25) is 0 Å². The molecule has 0 unspecified atom stereocenters. The van der Waals surface area contributed by atoms with Gasteiger partial charge in [-0.1, -0.05) is 6.58 Å². The Morgan fingerprint density at radius 2 is 2.12 bits per heavy atom. The van der Waals surface area contributed by atoms with E-state index >= 15 is 0 Å². The fourth-order valence-corrected chi connectivity index (χ4v) is 2.76. The van der Waals surface area contributed by atoms with Crippen molar-refractivity contribution in [1.29, 1.82) is 0 Å². The van der Waals surface area contributed by atoms with E-state index in [1.54, 1.807) is 0 Å². The zero-order chi connectivity index (χ0) is 17.6. The number of hydrogen-bond donors (Lipinski definition) is 5. The van der Waals surface area contributed by atoms with Crippen LogP contribution in [0.5, 0.6) is 0 Å². The highest BCUT2D eigenvalue weighted by atomic mass is 31.2. The van der Waals surface area contributed by atoms with Gasteiger partial charge in [-0.2, -0.15) is 4.99 Å². The average Bonchev–Trinajstić information content (AvgIpc) is 3.00. The first-order valence-corrected chi connectivity index (χ1v) is 8.20. The predicted octanol–water partition coefficient (Wildman–Crippen LogP) is -1.44. The molecule has 1 aromatic heterocycles. The summed E-state index contributed by atoms with van der Waals surface area (Å²) in [7, 11) is -4.74. The number of imidazole rings is 1. The maximum atomic E-state index is 10.8. The van der Waals surface area contributed by atoms with Crippen LogP contribution in [0, 0.1) is 0 Å². The highest BCUT2D eigenvalue weighted by molar-refractivity contribution is 7.46. The lowest BCUT2D eigenvalue weighted by molar-refractivity contribution is -0.0513. The molecule has 3 heterocycles. The molecule has 0 aliphatic carbocycles. The topological polar surface area (TPSA) is 182 Å². The summed E-state index contributed by atoms with van der Waals surface area (Å²) in [5.41, 5.74) is 5.80. The second-order valence-corrected chi connectivity index (χ2v) is 6.37. The predicted molar refractivity (Wildman–Crippen MR) is 77.5 cm³/mol. The smallest absolute Gasteiger partial charge is 0.424 e. The molecular weight excluding hydrogens is 347 g/mol. The molecule has 0 amide bonds. The van der Waals surface area contributed by atoms with E-state index < -0.39 is 39.0 Å². The number of aromatic nitrogens is 2. The Kier molecular flexibility index (Phi) is 4.21. The van der Waals surface area contributed by atoms with Crippen molar-refractivity contribution in [3.8, 4) is 0 Å². The van der Waals surface area contributed by atoms with Crippen molar-refractivity contribution in [2.24, 2.45) is 10.7 Å². The van der Waals surface area contributed by atoms with Crippen molar-refractivity contribution >= 4 is 25.4 Å². The molecule has 2 aliphatic rings. The third-order valence-corrected chi connectivity index (χ3v) is 3.98. The third-order valence-electron chi connectivity index (χ3n) is 3.49. The van der Waals surface area contributed by atoms with E-state index in [-0.39, 0.29) is 23.3 Å². The van der Waals surface area contributed by atoms with Crippen LogP contribution in [0.15, 0.2) is 17.9 Å². The Hall–Kier alpha value is -1.79. The van der Waals surface area contributed by atoms with Crippen molar-refractivity contribution in [2.45, 2.75) is 24.5 Å². The molecule has 1 aromatic rings. The van der Waals surface area contributed by atoms with Crippen LogP contribution >= 0.6 is 7.82 Å². The molecule has 3 rings (SSSR count). The summed E-state index contributed by atoms with van der Waals surface area (Å²) in [5, 5.41) is 20.1. The quantitative estimate of drug-likeness (QED) is 0.398. The van der Waals surface area contributed by atoms with Gasteiger partial charge in [-0.05, 0) is 0 Å². The number of ether oxygens (including phenoxy) is 2. The van der Waals surface area contributed by atoms with Gasteiger partial charge in [0.2, 0.25) is 0 Å². The summed E-state index contributed by atoms with van der Waals surface area (Å²) in [6.07, 6.45) is -3.86. The molecule has 0 radical (unpaired) electrons. The van der Waals surface area contributed by atoms with Gasteiger partial charge in [0.1, 0.15) is 24.0 Å². The van der Waals surface area contributed by atoms with Crippen molar-refractivity contribution < 1.29 is 38.6 Å². The number of phosphoric acid groups is 1. The minimum absolute atomic E-state index is 0.158. The second-order valence-electron chi connectivity index (χ2n) is 5.13. The first-order chi connectivity index (χ1) is 11.2. The van der Waals surface area contributed by atoms with Crippen LogP contribution in [0.1, 0.15) is 11.9 Å². The fourth-order valence-electron chi connectivity index (χ4n) is 2.42. The van der Waals surface area contributed by atoms with Crippen LogP contribution in [-0.4, -0.2) is 60.5 Å². The number of aliphatic imine (C=N–C) groups is 1. The summed E-state index contributed by atoms with van der Waals surface area (Å²) >= 11 is 0. The number of aliphatic hydroxyl groups is 2. The van der Waals surface area contributed by atoms with E-state index in [2.05, 4.69) is 21.1 Å². The zero-order valence-electron chi connectivity index (χ0n) is 12.1. The number of hydrogen-bond acceptors (Lipinski definition) is 9. The lowest BCUT2D eigenvalue weighted by atomic mass is 10.1. The standard InChI is InChI=1S/C11H15N4O8P/c1-4-6-9(14-11(12)22-4)15(3-13-6)10-8(17)7(16)5(23-10)2-21-24(18,19)20/h3,5,7-8,10,16-17H,1-2H2,(H2,12,14)(H2,18,19,20)/t5-,7-,8-,10-/m1/s1. The first kappa shape index (κ1) is 17.0. The van der Waals surface area contributed by atoms with Crippen LogP contribution in [0.3, 0.4) is 0 Å². The van der Waals surface area contributed by atoms with Crippen LogP contribution in [0.25, 0.3) is 5.76 Å². The highest BCUT2D eigenvalue weighted by Crippen LogP contribution is 2.40. The third kappa shape index (κ3) is 3.08. The highest BCUT2D eigenvalue weighted by Gasteiger charge is 2.45. The molecule has 13 heteroatoms. The van der Waals surface area contributed by atoms with Gasteiger partial charge in [-0.3, -0.25) is 9.09 Å². The molecule has 4 atom stereocenters. The Labute approximate surface area is 135 Å². The summed E-state index contributed by atoms with van der Waals surface area (Å²) < 4.78 is 26.8. The van der Waals surface area contributed by atoms with E-state index in [0.717, 1.165) is 0 Å². The van der Waals surface area contributed by atoms with E-state index in [1.165, 1.54) is 10.9 Å². The Morgan fingerprint density at radius 3 is 2.79 bits per heavy atom. The molecule has 6 N–H and O–H groups in total. The van der Waals surface area contributed by atoms with Gasteiger partial charge in [0, 0.05) is 0 Å². The van der Waals surface area contributed by atoms with Gasteiger partial charge in [0.05, 0.1) is 12.9 Å². The Morgan fingerprint density at radius 1 is 1.42 bits per heavy atom. The number of rotatable bonds is 4. The first-order valence-electron chi connectivity index (χ1n) is 6.67. The van der Waals surface area contributed by atoms with Gasteiger partial charge < -0.3 is 35.2 Å². The largest absolute Gasteiger partial charge is 0.469 e.